The number of hydrogen-bond donors (Lipinski definition) is 2. The summed E-state index contributed by atoms with van der Waals surface area (Å²) in [4.78, 5) is 14.7. The second-order valence-corrected chi connectivity index (χ2v) is 6.93. The number of nitrogens with one attached hydrogen (secondary N) is 2. The molecule has 1 saturated heterocycles. The van der Waals surface area contributed by atoms with Gasteiger partial charge in [-0.2, -0.15) is 0 Å². The van der Waals surface area contributed by atoms with Crippen molar-refractivity contribution in [3.63, 3.8) is 0 Å². The Balaban J connectivity index is 1.29. The van der Waals surface area contributed by atoms with Crippen LogP contribution >= 0.6 is 12.2 Å². The highest BCUT2D eigenvalue weighted by atomic mass is 32.1. The number of amides is 1. The second-order valence-electron chi connectivity index (χ2n) is 6.54. The summed E-state index contributed by atoms with van der Waals surface area (Å²) >= 11 is 5.43. The monoisotopic (exact) mass is 347 g/mol. The van der Waals surface area contributed by atoms with Gasteiger partial charge in [-0.3, -0.25) is 4.79 Å². The second kappa shape index (κ2) is 6.47. The lowest BCUT2D eigenvalue weighted by Gasteiger charge is -2.33. The number of carbonyl (C=O) groups excluding carboxylic acids is 1. The molecule has 1 aromatic rings. The average molecular weight is 347 g/mol. The molecule has 2 aliphatic heterocycles. The number of piperidine rings is 1. The normalized spacial score (nSPS) is 19.9. The van der Waals surface area contributed by atoms with Gasteiger partial charge in [-0.05, 0) is 50.0 Å². The number of hydrogen-bond acceptors (Lipinski definition) is 4. The highest BCUT2D eigenvalue weighted by Crippen LogP contribution is 2.34. The fourth-order valence-corrected chi connectivity index (χ4v) is 3.41. The molecular formula is C17H21N3O3S. The molecule has 4 rings (SSSR count). The summed E-state index contributed by atoms with van der Waals surface area (Å²) in [7, 11) is 0. The molecule has 128 valence electrons. The molecule has 0 atom stereocenters. The number of rotatable bonds is 3. The van der Waals surface area contributed by atoms with E-state index in [9.17, 15) is 4.79 Å². The predicted molar refractivity (Wildman–Crippen MR) is 94.2 cm³/mol. The number of likely N-dealkylation sites (tertiary alicyclic amines) is 1. The van der Waals surface area contributed by atoms with Crippen LogP contribution < -0.4 is 20.1 Å². The minimum atomic E-state index is 0.0235. The maximum Gasteiger partial charge on any atom is 0.231 e. The first-order chi connectivity index (χ1) is 11.7. The lowest BCUT2D eigenvalue weighted by Crippen LogP contribution is -2.46. The van der Waals surface area contributed by atoms with Gasteiger partial charge in [0.05, 0.1) is 0 Å². The number of nitrogens with zero attached hydrogens (tertiary/aromatic N) is 1. The molecule has 24 heavy (non-hydrogen) atoms. The molecule has 1 saturated carbocycles. The van der Waals surface area contributed by atoms with Gasteiger partial charge in [-0.25, -0.2) is 0 Å². The van der Waals surface area contributed by atoms with Crippen LogP contribution in [0.5, 0.6) is 11.5 Å². The van der Waals surface area contributed by atoms with E-state index in [0.29, 0.717) is 11.8 Å². The van der Waals surface area contributed by atoms with E-state index in [4.69, 9.17) is 21.7 Å². The van der Waals surface area contributed by atoms with E-state index < -0.39 is 0 Å². The van der Waals surface area contributed by atoms with Crippen LogP contribution in [-0.4, -0.2) is 41.8 Å². The largest absolute Gasteiger partial charge is 0.454 e. The van der Waals surface area contributed by atoms with Gasteiger partial charge in [0.15, 0.2) is 16.6 Å². The topological polar surface area (TPSA) is 62.8 Å². The molecular weight excluding hydrogens is 326 g/mol. The zero-order valence-electron chi connectivity index (χ0n) is 13.4. The molecule has 0 unspecified atom stereocenters. The number of ether oxygens (including phenoxy) is 2. The van der Waals surface area contributed by atoms with Crippen molar-refractivity contribution in [3.05, 3.63) is 18.2 Å². The minimum absolute atomic E-state index is 0.0235. The number of benzene rings is 1. The first-order valence-electron chi connectivity index (χ1n) is 8.45. The molecule has 2 heterocycles. The molecule has 7 heteroatoms. The average Bonchev–Trinajstić information content (AvgIpc) is 3.29. The van der Waals surface area contributed by atoms with E-state index in [1.807, 2.05) is 18.2 Å². The molecule has 0 spiro atoms. The maximum absolute atomic E-state index is 12.5. The lowest BCUT2D eigenvalue weighted by molar-refractivity contribution is -0.120. The number of anilines is 1. The molecule has 1 aliphatic carbocycles. The van der Waals surface area contributed by atoms with Crippen molar-refractivity contribution >= 4 is 28.9 Å². The van der Waals surface area contributed by atoms with Crippen molar-refractivity contribution in [2.24, 2.45) is 5.92 Å². The highest BCUT2D eigenvalue weighted by Gasteiger charge is 2.29. The van der Waals surface area contributed by atoms with Gasteiger partial charge in [0.25, 0.3) is 0 Å². The molecule has 2 N–H and O–H groups in total. The Labute approximate surface area is 146 Å². The van der Waals surface area contributed by atoms with Gasteiger partial charge in [0, 0.05) is 36.8 Å². The number of carbonyl (C=O) groups is 1. The minimum Gasteiger partial charge on any atom is -0.454 e. The zero-order chi connectivity index (χ0) is 16.5. The van der Waals surface area contributed by atoms with Crippen molar-refractivity contribution in [3.8, 4) is 11.5 Å². The Hall–Kier alpha value is -2.02. The fourth-order valence-electron chi connectivity index (χ4n) is 3.06. The van der Waals surface area contributed by atoms with Crippen LogP contribution in [0.2, 0.25) is 0 Å². The zero-order valence-corrected chi connectivity index (χ0v) is 14.2. The Morgan fingerprint density at radius 1 is 1.12 bits per heavy atom. The van der Waals surface area contributed by atoms with Crippen molar-refractivity contribution in [1.29, 1.82) is 0 Å². The quantitative estimate of drug-likeness (QED) is 0.817. The Kier molecular flexibility index (Phi) is 4.18. The third-order valence-corrected chi connectivity index (χ3v) is 5.07. The third-order valence-electron chi connectivity index (χ3n) is 4.70. The van der Waals surface area contributed by atoms with Crippen molar-refractivity contribution < 1.29 is 14.3 Å². The van der Waals surface area contributed by atoms with Crippen LogP contribution in [0.3, 0.4) is 0 Å². The van der Waals surface area contributed by atoms with Crippen molar-refractivity contribution in [2.45, 2.75) is 31.7 Å². The van der Waals surface area contributed by atoms with Gasteiger partial charge >= 0.3 is 0 Å². The van der Waals surface area contributed by atoms with Crippen molar-refractivity contribution in [1.82, 2.24) is 10.2 Å². The van der Waals surface area contributed by atoms with E-state index >= 15 is 0 Å². The van der Waals surface area contributed by atoms with E-state index in [2.05, 4.69) is 15.5 Å². The predicted octanol–water partition coefficient (Wildman–Crippen LogP) is 2.10. The van der Waals surface area contributed by atoms with Crippen LogP contribution in [0.25, 0.3) is 0 Å². The van der Waals surface area contributed by atoms with Gasteiger partial charge < -0.3 is 25.0 Å². The summed E-state index contributed by atoms with van der Waals surface area (Å²) in [6, 6.07) is 6.05. The molecule has 3 aliphatic rings. The number of fused-ring (bicyclic) bond motifs is 1. The Morgan fingerprint density at radius 2 is 1.88 bits per heavy atom. The van der Waals surface area contributed by atoms with Gasteiger partial charge in [-0.1, -0.05) is 0 Å². The van der Waals surface area contributed by atoms with Crippen LogP contribution in [0, 0.1) is 5.92 Å². The summed E-state index contributed by atoms with van der Waals surface area (Å²) in [5.74, 6) is 1.49. The van der Waals surface area contributed by atoms with Crippen LogP contribution in [0.15, 0.2) is 18.2 Å². The smallest absolute Gasteiger partial charge is 0.231 e. The van der Waals surface area contributed by atoms with Gasteiger partial charge in [0.1, 0.15) is 0 Å². The van der Waals surface area contributed by atoms with E-state index in [1.54, 1.807) is 0 Å². The standard InChI is InChI=1S/C17H21N3O3S/c21-16(18-13-3-4-14-15(9-13)23-10-22-14)11-5-7-20(8-6-11)17(24)19-12-1-2-12/h3-4,9,11-12H,1-2,5-8,10H2,(H,18,21)(H,19,24). The molecule has 6 nitrogen and oxygen atoms in total. The maximum atomic E-state index is 12.5. The van der Waals surface area contributed by atoms with E-state index in [1.165, 1.54) is 12.8 Å². The van der Waals surface area contributed by atoms with Gasteiger partial charge in [0.2, 0.25) is 12.7 Å². The molecule has 2 fully saturated rings. The van der Waals surface area contributed by atoms with E-state index in [-0.39, 0.29) is 18.6 Å². The lowest BCUT2D eigenvalue weighted by atomic mass is 9.96. The Bertz CT molecular complexity index is 654. The first kappa shape index (κ1) is 15.5. The van der Waals surface area contributed by atoms with Crippen LogP contribution in [0.1, 0.15) is 25.7 Å². The van der Waals surface area contributed by atoms with Gasteiger partial charge in [-0.15, -0.1) is 0 Å². The van der Waals surface area contributed by atoms with Crippen LogP contribution in [-0.2, 0) is 4.79 Å². The summed E-state index contributed by atoms with van der Waals surface area (Å²) in [5.41, 5.74) is 0.748. The summed E-state index contributed by atoms with van der Waals surface area (Å²) in [5, 5.41) is 7.19. The molecule has 0 aromatic heterocycles. The molecule has 0 radical (unpaired) electrons. The first-order valence-corrected chi connectivity index (χ1v) is 8.86. The summed E-state index contributed by atoms with van der Waals surface area (Å²) in [6.07, 6.45) is 4.08. The SMILES string of the molecule is O=C(Nc1ccc2c(c1)OCO2)C1CCN(C(=S)NC2CC2)CC1. The summed E-state index contributed by atoms with van der Waals surface area (Å²) in [6.45, 7) is 1.90. The molecule has 1 aromatic carbocycles. The number of thiocarbonyl (C=S) groups is 1. The van der Waals surface area contributed by atoms with E-state index in [0.717, 1.165) is 42.5 Å². The highest BCUT2D eigenvalue weighted by molar-refractivity contribution is 7.80. The van der Waals surface area contributed by atoms with Crippen molar-refractivity contribution in [2.75, 3.05) is 25.2 Å². The molecule has 0 bridgehead atoms. The Morgan fingerprint density at radius 3 is 2.62 bits per heavy atom. The fraction of sp³-hybridized carbons (Fsp3) is 0.529. The van der Waals surface area contributed by atoms with Crippen LogP contribution in [0.4, 0.5) is 5.69 Å². The molecule has 1 amide bonds. The summed E-state index contributed by atoms with van der Waals surface area (Å²) < 4.78 is 10.6. The third kappa shape index (κ3) is 3.40.